The highest BCUT2D eigenvalue weighted by atomic mass is 16.3. The Morgan fingerprint density at radius 2 is 1.96 bits per heavy atom. The standard InChI is InChI=1S/C17H17N3O3/c1-9-5-6-12(7-10(9)2)19-15(21)13-11(3)23-16-14(13)17(22)20(4)8-18-16/h5-8H,1-4H3,(H,19,21). The fourth-order valence-corrected chi connectivity index (χ4v) is 2.47. The molecule has 0 radical (unpaired) electrons. The van der Waals surface area contributed by atoms with E-state index in [1.165, 1.54) is 10.9 Å². The summed E-state index contributed by atoms with van der Waals surface area (Å²) in [5.74, 6) is -0.00765. The zero-order chi connectivity index (χ0) is 16.7. The number of hydrogen-bond donors (Lipinski definition) is 1. The van der Waals surface area contributed by atoms with E-state index in [1.54, 1.807) is 14.0 Å². The third-order valence-corrected chi connectivity index (χ3v) is 3.94. The van der Waals surface area contributed by atoms with Crippen LogP contribution >= 0.6 is 0 Å². The molecule has 1 N–H and O–H groups in total. The predicted octanol–water partition coefficient (Wildman–Crippen LogP) is 2.70. The lowest BCUT2D eigenvalue weighted by Crippen LogP contribution is -2.20. The fourth-order valence-electron chi connectivity index (χ4n) is 2.47. The molecule has 0 fully saturated rings. The number of nitrogens with zero attached hydrogens (tertiary/aromatic N) is 2. The summed E-state index contributed by atoms with van der Waals surface area (Å²) in [6, 6.07) is 5.65. The van der Waals surface area contributed by atoms with Crippen LogP contribution in [-0.4, -0.2) is 15.5 Å². The van der Waals surface area contributed by atoms with Crippen molar-refractivity contribution in [3.8, 4) is 0 Å². The Labute approximate surface area is 132 Å². The van der Waals surface area contributed by atoms with Crippen molar-refractivity contribution in [3.05, 3.63) is 57.3 Å². The first kappa shape index (κ1) is 15.0. The minimum atomic E-state index is -0.380. The van der Waals surface area contributed by atoms with Crippen molar-refractivity contribution in [2.75, 3.05) is 5.32 Å². The third-order valence-electron chi connectivity index (χ3n) is 3.94. The van der Waals surface area contributed by atoms with Crippen molar-refractivity contribution in [3.63, 3.8) is 0 Å². The topological polar surface area (TPSA) is 77.1 Å². The van der Waals surface area contributed by atoms with E-state index in [1.807, 2.05) is 32.0 Å². The average molecular weight is 311 g/mol. The minimum Gasteiger partial charge on any atom is -0.442 e. The first-order chi connectivity index (χ1) is 10.9. The number of rotatable bonds is 2. The van der Waals surface area contributed by atoms with Gasteiger partial charge in [-0.25, -0.2) is 4.98 Å². The van der Waals surface area contributed by atoms with Crippen molar-refractivity contribution in [2.24, 2.45) is 7.05 Å². The number of aryl methyl sites for hydroxylation is 4. The molecule has 0 saturated heterocycles. The van der Waals surface area contributed by atoms with Crippen molar-refractivity contribution in [1.29, 1.82) is 0 Å². The van der Waals surface area contributed by atoms with E-state index in [9.17, 15) is 9.59 Å². The van der Waals surface area contributed by atoms with Crippen LogP contribution in [0.1, 0.15) is 27.2 Å². The summed E-state index contributed by atoms with van der Waals surface area (Å²) in [5, 5.41) is 3.02. The number of amides is 1. The maximum Gasteiger partial charge on any atom is 0.265 e. The van der Waals surface area contributed by atoms with Crippen LogP contribution in [0.15, 0.2) is 33.7 Å². The molecule has 3 rings (SSSR count). The summed E-state index contributed by atoms with van der Waals surface area (Å²) >= 11 is 0. The van der Waals surface area contributed by atoms with Crippen molar-refractivity contribution < 1.29 is 9.21 Å². The zero-order valence-electron chi connectivity index (χ0n) is 13.4. The van der Waals surface area contributed by atoms with Crippen molar-refractivity contribution in [2.45, 2.75) is 20.8 Å². The van der Waals surface area contributed by atoms with Gasteiger partial charge in [0.2, 0.25) is 5.71 Å². The Morgan fingerprint density at radius 1 is 1.22 bits per heavy atom. The molecule has 0 aliphatic rings. The summed E-state index contributed by atoms with van der Waals surface area (Å²) in [5.41, 5.74) is 2.99. The third kappa shape index (κ3) is 2.52. The van der Waals surface area contributed by atoms with Gasteiger partial charge in [0.25, 0.3) is 11.5 Å². The summed E-state index contributed by atoms with van der Waals surface area (Å²) in [7, 11) is 1.59. The normalized spacial score (nSPS) is 11.0. The number of anilines is 1. The molecule has 23 heavy (non-hydrogen) atoms. The Bertz CT molecular complexity index is 983. The average Bonchev–Trinajstić information content (AvgIpc) is 2.84. The van der Waals surface area contributed by atoms with Crippen LogP contribution in [0.4, 0.5) is 5.69 Å². The van der Waals surface area contributed by atoms with Crippen molar-refractivity contribution >= 4 is 22.7 Å². The molecule has 6 nitrogen and oxygen atoms in total. The van der Waals surface area contributed by atoms with Gasteiger partial charge in [-0.05, 0) is 44.0 Å². The van der Waals surface area contributed by atoms with Crippen LogP contribution in [0.2, 0.25) is 0 Å². The quantitative estimate of drug-likeness (QED) is 0.789. The van der Waals surface area contributed by atoms with Gasteiger partial charge in [-0.1, -0.05) is 6.07 Å². The number of nitrogens with one attached hydrogen (secondary N) is 1. The summed E-state index contributed by atoms with van der Waals surface area (Å²) in [4.78, 5) is 29.0. The number of furan rings is 1. The molecular formula is C17H17N3O3. The second-order valence-corrected chi connectivity index (χ2v) is 5.63. The molecule has 1 aromatic carbocycles. The molecule has 3 aromatic rings. The molecule has 0 aliphatic heterocycles. The van der Waals surface area contributed by atoms with E-state index >= 15 is 0 Å². The van der Waals surface area contributed by atoms with Gasteiger partial charge < -0.3 is 14.3 Å². The summed E-state index contributed by atoms with van der Waals surface area (Å²) < 4.78 is 6.77. The van der Waals surface area contributed by atoms with E-state index in [0.29, 0.717) is 11.4 Å². The molecule has 0 aliphatic carbocycles. The molecular weight excluding hydrogens is 294 g/mol. The molecule has 0 unspecified atom stereocenters. The number of carbonyl (C=O) groups excluding carboxylic acids is 1. The number of aromatic nitrogens is 2. The van der Waals surface area contributed by atoms with Crippen LogP contribution in [0.5, 0.6) is 0 Å². The van der Waals surface area contributed by atoms with E-state index in [2.05, 4.69) is 10.3 Å². The van der Waals surface area contributed by atoms with Crippen LogP contribution in [0.25, 0.3) is 11.1 Å². The van der Waals surface area contributed by atoms with Gasteiger partial charge in [0, 0.05) is 12.7 Å². The molecule has 0 atom stereocenters. The van der Waals surface area contributed by atoms with Gasteiger partial charge in [-0.15, -0.1) is 0 Å². The van der Waals surface area contributed by atoms with Crippen LogP contribution in [0.3, 0.4) is 0 Å². The second-order valence-electron chi connectivity index (χ2n) is 5.63. The molecule has 6 heteroatoms. The van der Waals surface area contributed by atoms with Gasteiger partial charge in [0.1, 0.15) is 17.5 Å². The molecule has 118 valence electrons. The largest absolute Gasteiger partial charge is 0.442 e. The van der Waals surface area contributed by atoms with Gasteiger partial charge >= 0.3 is 0 Å². The highest BCUT2D eigenvalue weighted by Crippen LogP contribution is 2.22. The highest BCUT2D eigenvalue weighted by molar-refractivity contribution is 6.12. The molecule has 1 amide bonds. The minimum absolute atomic E-state index is 0.177. The Kier molecular flexibility index (Phi) is 3.52. The Morgan fingerprint density at radius 3 is 2.65 bits per heavy atom. The second kappa shape index (κ2) is 5.39. The summed E-state index contributed by atoms with van der Waals surface area (Å²) in [6.07, 6.45) is 1.37. The molecule has 2 aromatic heterocycles. The fraction of sp³-hybridized carbons (Fsp3) is 0.235. The number of carbonyl (C=O) groups is 1. The van der Waals surface area contributed by atoms with Gasteiger partial charge in [-0.2, -0.15) is 0 Å². The molecule has 2 heterocycles. The lowest BCUT2D eigenvalue weighted by Gasteiger charge is -2.07. The smallest absolute Gasteiger partial charge is 0.265 e. The molecule has 0 saturated carbocycles. The van der Waals surface area contributed by atoms with Crippen LogP contribution in [-0.2, 0) is 7.05 Å². The van der Waals surface area contributed by atoms with E-state index in [-0.39, 0.29) is 28.1 Å². The first-order valence-electron chi connectivity index (χ1n) is 7.22. The van der Waals surface area contributed by atoms with Gasteiger partial charge in [0.05, 0.1) is 5.56 Å². The van der Waals surface area contributed by atoms with Crippen LogP contribution < -0.4 is 10.9 Å². The maximum atomic E-state index is 12.6. The number of fused-ring (bicyclic) bond motifs is 1. The summed E-state index contributed by atoms with van der Waals surface area (Å²) in [6.45, 7) is 5.63. The van der Waals surface area contributed by atoms with E-state index in [0.717, 1.165) is 11.1 Å². The Balaban J connectivity index is 2.07. The van der Waals surface area contributed by atoms with E-state index < -0.39 is 0 Å². The lowest BCUT2D eigenvalue weighted by molar-refractivity contribution is 0.102. The number of hydrogen-bond acceptors (Lipinski definition) is 4. The zero-order valence-corrected chi connectivity index (χ0v) is 13.4. The van der Waals surface area contributed by atoms with Crippen LogP contribution in [0, 0.1) is 20.8 Å². The number of benzene rings is 1. The van der Waals surface area contributed by atoms with E-state index in [4.69, 9.17) is 4.42 Å². The highest BCUT2D eigenvalue weighted by Gasteiger charge is 2.22. The monoisotopic (exact) mass is 311 g/mol. The van der Waals surface area contributed by atoms with Gasteiger partial charge in [-0.3, -0.25) is 9.59 Å². The SMILES string of the molecule is Cc1ccc(NC(=O)c2c(C)oc3ncn(C)c(=O)c23)cc1C. The molecule has 0 spiro atoms. The first-order valence-corrected chi connectivity index (χ1v) is 7.22. The van der Waals surface area contributed by atoms with Gasteiger partial charge in [0.15, 0.2) is 0 Å². The molecule has 0 bridgehead atoms. The predicted molar refractivity (Wildman–Crippen MR) is 87.9 cm³/mol. The van der Waals surface area contributed by atoms with Crippen molar-refractivity contribution in [1.82, 2.24) is 9.55 Å². The Hall–Kier alpha value is -2.89. The maximum absolute atomic E-state index is 12.6. The lowest BCUT2D eigenvalue weighted by atomic mass is 10.1.